The molecule has 0 heterocycles. The number of unbranched alkanes of at least 4 members (excludes halogenated alkanes) is 26. The third-order valence-electron chi connectivity index (χ3n) is 13.5. The van der Waals surface area contributed by atoms with Gasteiger partial charge in [0.15, 0.2) is 6.10 Å². The van der Waals surface area contributed by atoms with Gasteiger partial charge in [-0.25, -0.2) is 0 Å². The van der Waals surface area contributed by atoms with Gasteiger partial charge in [-0.15, -0.1) is 0 Å². The highest BCUT2D eigenvalue weighted by Gasteiger charge is 2.19. The number of carbonyl (C=O) groups excluding carboxylic acids is 3. The van der Waals surface area contributed by atoms with Crippen LogP contribution in [0.4, 0.5) is 0 Å². The molecule has 0 rings (SSSR count). The van der Waals surface area contributed by atoms with Gasteiger partial charge in [-0.1, -0.05) is 277 Å². The first-order valence-electron chi connectivity index (χ1n) is 32.0. The molecule has 6 nitrogen and oxygen atoms in total. The largest absolute Gasteiger partial charge is 0.462 e. The first-order valence-corrected chi connectivity index (χ1v) is 32.0. The van der Waals surface area contributed by atoms with Crippen LogP contribution in [0.25, 0.3) is 0 Å². The Labute approximate surface area is 475 Å². The second-order valence-electron chi connectivity index (χ2n) is 20.9. The molecular weight excluding hydrogens is 949 g/mol. The average Bonchev–Trinajstić information content (AvgIpc) is 3.43. The zero-order chi connectivity index (χ0) is 55.7. The number of allylic oxidation sites excluding steroid dienone is 20. The van der Waals surface area contributed by atoms with E-state index in [1.54, 1.807) is 0 Å². The van der Waals surface area contributed by atoms with Crippen LogP contribution in [-0.4, -0.2) is 37.2 Å². The molecule has 0 aliphatic carbocycles. The van der Waals surface area contributed by atoms with Gasteiger partial charge >= 0.3 is 17.9 Å². The van der Waals surface area contributed by atoms with E-state index in [9.17, 15) is 14.4 Å². The summed E-state index contributed by atoms with van der Waals surface area (Å²) < 4.78 is 16.9. The lowest BCUT2D eigenvalue weighted by molar-refractivity contribution is -0.167. The molecule has 438 valence electrons. The van der Waals surface area contributed by atoms with E-state index in [1.807, 2.05) is 0 Å². The van der Waals surface area contributed by atoms with E-state index in [-0.39, 0.29) is 31.1 Å². The summed E-state index contributed by atoms with van der Waals surface area (Å²) in [7, 11) is 0. The minimum absolute atomic E-state index is 0.0865. The lowest BCUT2D eigenvalue weighted by Gasteiger charge is -2.18. The van der Waals surface area contributed by atoms with Crippen LogP contribution in [0.3, 0.4) is 0 Å². The minimum atomic E-state index is -0.791. The molecule has 1 unspecified atom stereocenters. The molecule has 0 N–H and O–H groups in total. The maximum absolute atomic E-state index is 12.8. The van der Waals surface area contributed by atoms with Crippen LogP contribution in [0.5, 0.6) is 0 Å². The second-order valence-corrected chi connectivity index (χ2v) is 20.9. The van der Waals surface area contributed by atoms with Crippen LogP contribution in [0.2, 0.25) is 0 Å². The van der Waals surface area contributed by atoms with Gasteiger partial charge in [0.05, 0.1) is 0 Å². The third kappa shape index (κ3) is 62.5. The molecule has 0 fully saturated rings. The van der Waals surface area contributed by atoms with Crippen LogP contribution >= 0.6 is 0 Å². The van der Waals surface area contributed by atoms with Crippen molar-refractivity contribution in [3.63, 3.8) is 0 Å². The van der Waals surface area contributed by atoms with E-state index in [0.717, 1.165) is 148 Å². The van der Waals surface area contributed by atoms with Crippen molar-refractivity contribution in [2.75, 3.05) is 13.2 Å². The summed E-state index contributed by atoms with van der Waals surface area (Å²) in [6.07, 6.45) is 89.2. The van der Waals surface area contributed by atoms with E-state index in [1.165, 1.54) is 103 Å². The molecule has 0 spiro atoms. The Morgan fingerprint density at radius 2 is 0.506 bits per heavy atom. The van der Waals surface area contributed by atoms with E-state index >= 15 is 0 Å². The normalized spacial score (nSPS) is 12.9. The quantitative estimate of drug-likeness (QED) is 0.0261. The zero-order valence-corrected chi connectivity index (χ0v) is 50.2. The highest BCUT2D eigenvalue weighted by atomic mass is 16.6. The predicted molar refractivity (Wildman–Crippen MR) is 334 cm³/mol. The number of hydrogen-bond donors (Lipinski definition) is 0. The molecule has 0 radical (unpaired) electrons. The molecule has 1 atom stereocenters. The molecule has 0 bridgehead atoms. The van der Waals surface area contributed by atoms with Gasteiger partial charge in [0.25, 0.3) is 0 Å². The monoisotopic (exact) mass is 1070 g/mol. The van der Waals surface area contributed by atoms with Crippen LogP contribution in [0.1, 0.15) is 290 Å². The van der Waals surface area contributed by atoms with Crippen molar-refractivity contribution in [1.29, 1.82) is 0 Å². The molecule has 6 heteroatoms. The number of hydrogen-bond acceptors (Lipinski definition) is 6. The summed E-state index contributed by atoms with van der Waals surface area (Å²) in [5.41, 5.74) is 0. The minimum Gasteiger partial charge on any atom is -0.462 e. The fraction of sp³-hybridized carbons (Fsp3) is 0.676. The van der Waals surface area contributed by atoms with Crippen molar-refractivity contribution in [2.45, 2.75) is 297 Å². The summed E-state index contributed by atoms with van der Waals surface area (Å²) >= 11 is 0. The van der Waals surface area contributed by atoms with Crippen molar-refractivity contribution < 1.29 is 28.6 Å². The smallest absolute Gasteiger partial charge is 0.306 e. The number of rotatable bonds is 57. The lowest BCUT2D eigenvalue weighted by Crippen LogP contribution is -2.30. The van der Waals surface area contributed by atoms with Crippen LogP contribution in [-0.2, 0) is 28.6 Å². The Hall–Kier alpha value is -4.19. The van der Waals surface area contributed by atoms with Gasteiger partial charge in [0.1, 0.15) is 13.2 Å². The predicted octanol–water partition coefficient (Wildman–Crippen LogP) is 22.0. The molecule has 0 aliphatic rings. The Morgan fingerprint density at radius 1 is 0.273 bits per heavy atom. The molecule has 0 aromatic heterocycles. The summed E-state index contributed by atoms with van der Waals surface area (Å²) in [6.45, 7) is 6.50. The first-order chi connectivity index (χ1) is 38.0. The van der Waals surface area contributed by atoms with Crippen molar-refractivity contribution >= 4 is 17.9 Å². The maximum Gasteiger partial charge on any atom is 0.306 e. The van der Waals surface area contributed by atoms with E-state index in [0.29, 0.717) is 19.3 Å². The van der Waals surface area contributed by atoms with Gasteiger partial charge in [0.2, 0.25) is 0 Å². The average molecular weight is 1070 g/mol. The van der Waals surface area contributed by atoms with Crippen molar-refractivity contribution in [3.05, 3.63) is 122 Å². The van der Waals surface area contributed by atoms with Crippen LogP contribution in [0.15, 0.2) is 122 Å². The molecule has 0 saturated heterocycles. The number of carbonyl (C=O) groups is 3. The molecular formula is C71H118O6. The van der Waals surface area contributed by atoms with Gasteiger partial charge < -0.3 is 14.2 Å². The van der Waals surface area contributed by atoms with Gasteiger partial charge in [-0.3, -0.25) is 14.4 Å². The molecule has 0 saturated carbocycles. The van der Waals surface area contributed by atoms with Crippen LogP contribution in [0, 0.1) is 0 Å². The van der Waals surface area contributed by atoms with Crippen molar-refractivity contribution in [2.24, 2.45) is 0 Å². The highest BCUT2D eigenvalue weighted by Crippen LogP contribution is 2.15. The van der Waals surface area contributed by atoms with Crippen molar-refractivity contribution in [1.82, 2.24) is 0 Å². The third-order valence-corrected chi connectivity index (χ3v) is 13.5. The summed E-state index contributed by atoms with van der Waals surface area (Å²) in [5.74, 6) is -0.911. The molecule has 0 aromatic rings. The standard InChI is InChI=1S/C71H118O6/c1-4-7-10-13-16-19-22-25-26-27-28-29-30-31-32-33-34-35-36-37-38-39-40-41-42-43-44-47-49-52-55-58-61-64-70(73)76-67-68(77-71(74)65-62-59-56-53-50-46-24-21-18-15-12-9-6-3)66-75-69(72)63-60-57-54-51-48-45-23-20-17-14-11-8-5-2/h7,10,16,19,21,24-26,28-29,31-32,34-35,37-38,40-41,43-44,68H,4-6,8-9,11-15,17-18,20,22-23,27,30,33,36,39,42,45-67H2,1-3H3/b10-7-,19-16-,24-21-,26-25-,29-28-,32-31-,35-34-,38-37-,41-40-,44-43-. The van der Waals surface area contributed by atoms with E-state index < -0.39 is 6.10 Å². The zero-order valence-electron chi connectivity index (χ0n) is 50.2. The molecule has 0 amide bonds. The van der Waals surface area contributed by atoms with Crippen LogP contribution < -0.4 is 0 Å². The van der Waals surface area contributed by atoms with E-state index in [4.69, 9.17) is 14.2 Å². The Morgan fingerprint density at radius 3 is 0.818 bits per heavy atom. The first kappa shape index (κ1) is 72.8. The summed E-state index contributed by atoms with van der Waals surface area (Å²) in [5, 5.41) is 0. The summed E-state index contributed by atoms with van der Waals surface area (Å²) in [4.78, 5) is 38.2. The summed E-state index contributed by atoms with van der Waals surface area (Å²) in [6, 6.07) is 0. The second kappa shape index (κ2) is 64.3. The SMILES string of the molecule is CC/C=C\C/C=C\C/C=C\C/C=C\C/C=C\C/C=C\C/C=C\C/C=C\C/C=C\CCCCCCCC(=O)OCC(COC(=O)CCCCCCCCCCCCCCC)OC(=O)CCCCCCC/C=C\CCCCCC. The number of ether oxygens (including phenoxy) is 3. The lowest BCUT2D eigenvalue weighted by atomic mass is 10.0. The van der Waals surface area contributed by atoms with E-state index in [2.05, 4.69) is 142 Å². The van der Waals surface area contributed by atoms with Gasteiger partial charge in [0, 0.05) is 19.3 Å². The number of esters is 3. The van der Waals surface area contributed by atoms with Gasteiger partial charge in [-0.2, -0.15) is 0 Å². The highest BCUT2D eigenvalue weighted by molar-refractivity contribution is 5.71. The van der Waals surface area contributed by atoms with Crippen molar-refractivity contribution in [3.8, 4) is 0 Å². The Bertz CT molecular complexity index is 1600. The Balaban J connectivity index is 4.29. The molecule has 77 heavy (non-hydrogen) atoms. The molecule has 0 aliphatic heterocycles. The maximum atomic E-state index is 12.8. The fourth-order valence-corrected chi connectivity index (χ4v) is 8.67. The topological polar surface area (TPSA) is 78.9 Å². The fourth-order valence-electron chi connectivity index (χ4n) is 8.67. The Kier molecular flexibility index (Phi) is 60.8. The molecule has 0 aromatic carbocycles. The van der Waals surface area contributed by atoms with Gasteiger partial charge in [-0.05, 0) is 116 Å².